The summed E-state index contributed by atoms with van der Waals surface area (Å²) >= 11 is 0. The van der Waals surface area contributed by atoms with Gasteiger partial charge in [-0.05, 0) is 143 Å². The van der Waals surface area contributed by atoms with E-state index in [1.165, 1.54) is 16.9 Å². The average Bonchev–Trinajstić information content (AvgIpc) is 0.846. The fourth-order valence-electron chi connectivity index (χ4n) is 9.38. The lowest BCUT2D eigenvalue weighted by Gasteiger charge is -2.30. The van der Waals surface area contributed by atoms with Gasteiger partial charge in [-0.15, -0.1) is 0 Å². The molecule has 0 saturated carbocycles. The van der Waals surface area contributed by atoms with Crippen molar-refractivity contribution in [2.45, 2.75) is 159 Å². The smallest absolute Gasteiger partial charge is 0.354 e. The summed E-state index contributed by atoms with van der Waals surface area (Å²) in [7, 11) is -16.1. The van der Waals surface area contributed by atoms with Crippen molar-refractivity contribution >= 4 is 56.2 Å². The predicted molar refractivity (Wildman–Crippen MR) is 400 cm³/mol. The van der Waals surface area contributed by atoms with Gasteiger partial charge in [0, 0.05) is 49.5 Å². The summed E-state index contributed by atoms with van der Waals surface area (Å²) in [6, 6.07) is 38.9. The highest BCUT2D eigenvalue weighted by molar-refractivity contribution is 7.71. The van der Waals surface area contributed by atoms with Crippen molar-refractivity contribution < 1.29 is 105 Å². The summed E-state index contributed by atoms with van der Waals surface area (Å²) in [6.07, 6.45) is 11.6. The lowest BCUT2D eigenvalue weighted by Crippen LogP contribution is -3.00. The molecule has 0 bridgehead atoms. The van der Waals surface area contributed by atoms with Crippen molar-refractivity contribution in [3.05, 3.63) is 167 Å². The normalized spacial score (nSPS) is 13.8. The number of rotatable bonds is 44. The molecule has 101 heavy (non-hydrogen) atoms. The molecule has 3 unspecified atom stereocenters. The first kappa shape index (κ1) is 96.7. The van der Waals surface area contributed by atoms with E-state index in [0.29, 0.717) is 72.0 Å². The molecule has 0 aliphatic carbocycles. The van der Waals surface area contributed by atoms with Crippen molar-refractivity contribution in [2.75, 3.05) is 104 Å². The summed E-state index contributed by atoms with van der Waals surface area (Å²) in [4.78, 5) is 38.7. The van der Waals surface area contributed by atoms with Gasteiger partial charge in [0.25, 0.3) is 0 Å². The van der Waals surface area contributed by atoms with Crippen LogP contribution < -0.4 is 28.8 Å². The molecule has 4 atom stereocenters. The molecule has 5 rings (SSSR count). The third kappa shape index (κ3) is 45.7. The van der Waals surface area contributed by atoms with Crippen LogP contribution in [-0.4, -0.2) is 146 Å². The Morgan fingerprint density at radius 1 is 0.495 bits per heavy atom. The van der Waals surface area contributed by atoms with Gasteiger partial charge in [-0.2, -0.15) is 0 Å². The molecule has 4 aromatic carbocycles. The molecule has 574 valence electrons. The van der Waals surface area contributed by atoms with Crippen molar-refractivity contribution in [2.24, 2.45) is 5.92 Å². The van der Waals surface area contributed by atoms with Crippen LogP contribution in [0.3, 0.4) is 0 Å². The lowest BCUT2D eigenvalue weighted by molar-refractivity contribution is -0.404. The monoisotopic (exact) mass is 1530 g/mol. The molecule has 23 nitrogen and oxygen atoms in total. The van der Waals surface area contributed by atoms with Gasteiger partial charge in [0.2, 0.25) is 5.91 Å². The Morgan fingerprint density at radius 3 is 1.25 bits per heavy atom. The third-order valence-electron chi connectivity index (χ3n) is 14.1. The number of amides is 3. The van der Waals surface area contributed by atoms with Crippen LogP contribution in [0.5, 0.6) is 0 Å². The molecular formula is C72H120ClN4O19P5. The van der Waals surface area contributed by atoms with Gasteiger partial charge < -0.3 is 88.4 Å². The number of benzene rings is 4. The van der Waals surface area contributed by atoms with Crippen LogP contribution in [0.4, 0.5) is 4.79 Å². The fourth-order valence-corrected chi connectivity index (χ4v) is 18.7. The number of nitrogens with zero attached hydrogens (tertiary/aromatic N) is 1. The number of carbonyl (C=O) groups excluding carboxylic acids is 3. The Bertz CT molecular complexity index is 2990. The fraction of sp³-hybridized carbons (Fsp3) is 0.569. The number of allylic oxidation sites excluding steroid dienone is 1. The Labute approximate surface area is 610 Å². The number of urea groups is 1. The molecular weight excluding hydrogens is 1420 g/mol. The molecule has 5 N–H and O–H groups in total. The summed E-state index contributed by atoms with van der Waals surface area (Å²) in [6.45, 7) is 26.4. The number of aldehydes is 1. The van der Waals surface area contributed by atoms with E-state index in [4.69, 9.17) is 50.0 Å². The van der Waals surface area contributed by atoms with E-state index in [-0.39, 0.29) is 94.1 Å². The van der Waals surface area contributed by atoms with E-state index in [2.05, 4.69) is 40.6 Å². The van der Waals surface area contributed by atoms with Gasteiger partial charge in [-0.3, -0.25) is 27.6 Å². The number of ether oxygens (including phenoxy) is 1. The molecule has 4 aromatic rings. The number of carbonyl (C=O) groups is 3. The average molecular weight is 1540 g/mol. The molecule has 0 spiro atoms. The highest BCUT2D eigenvalue weighted by atomic mass is 35.5. The zero-order valence-corrected chi connectivity index (χ0v) is 67.2. The molecule has 0 aromatic heterocycles. The van der Waals surface area contributed by atoms with Crippen LogP contribution in [0.1, 0.15) is 137 Å². The van der Waals surface area contributed by atoms with Crippen molar-refractivity contribution in [1.29, 1.82) is 0 Å². The maximum absolute atomic E-state index is 13.7. The molecule has 1 aliphatic heterocycles. The van der Waals surface area contributed by atoms with E-state index in [0.717, 1.165) is 55.9 Å². The molecule has 1 aliphatic rings. The Kier molecular flexibility index (Phi) is 55.5. The summed E-state index contributed by atoms with van der Waals surface area (Å²) in [5.74, 6) is 2.64. The maximum atomic E-state index is 13.7. The van der Waals surface area contributed by atoms with E-state index in [9.17, 15) is 37.2 Å². The Hall–Kier alpha value is -4.27. The van der Waals surface area contributed by atoms with Crippen LogP contribution >= 0.6 is 38.0 Å². The summed E-state index contributed by atoms with van der Waals surface area (Å²) < 4.78 is 118. The number of halogens is 1. The lowest BCUT2D eigenvalue weighted by atomic mass is 10.0. The molecule has 1 heterocycles. The van der Waals surface area contributed by atoms with Crippen LogP contribution in [0.25, 0.3) is 0 Å². The van der Waals surface area contributed by atoms with Crippen LogP contribution in [0.15, 0.2) is 145 Å². The molecule has 3 amide bonds. The van der Waals surface area contributed by atoms with E-state index >= 15 is 0 Å². The Balaban J connectivity index is 0.00000136. The second kappa shape index (κ2) is 58.0. The zero-order valence-electron chi connectivity index (χ0n) is 61.9. The third-order valence-corrected chi connectivity index (χ3v) is 25.2. The first-order chi connectivity index (χ1) is 48.0. The van der Waals surface area contributed by atoms with E-state index < -0.39 is 44.0 Å². The Morgan fingerprint density at radius 2 is 0.861 bits per heavy atom. The van der Waals surface area contributed by atoms with Gasteiger partial charge in [-0.1, -0.05) is 141 Å². The van der Waals surface area contributed by atoms with Crippen molar-refractivity contribution in [1.82, 2.24) is 15.5 Å². The van der Waals surface area contributed by atoms with E-state index in [1.807, 2.05) is 117 Å². The molecule has 1 fully saturated rings. The minimum atomic E-state index is -3.41. The number of aryl methyl sites for hydroxylation is 3. The SMILES string of the molecule is CC(C=O)CCc1ccccc1.CC/C=C/P(=O)(OCC)OCC.CCOP(=O)(/C=C/C([NH3+])CCc1ccccc1)OCC.CCOP(=O)(CCC(CCc1ccccc1)NC(=O)[C@H](Cc1ccccc1)NC(=O)N1CCOCC1)OCC.CCOP(=O)(CP(=O)(OCC)OCC)OCC.[Cl-]. The minimum absolute atomic E-state index is 0. The van der Waals surface area contributed by atoms with Crippen LogP contribution in [0.2, 0.25) is 0 Å². The molecule has 1 saturated heterocycles. The van der Waals surface area contributed by atoms with Crippen molar-refractivity contribution in [3.63, 3.8) is 0 Å². The topological polar surface area (TPSA) is 293 Å². The number of quaternary nitrogens is 1. The molecule has 0 radical (unpaired) electrons. The van der Waals surface area contributed by atoms with Gasteiger partial charge in [-0.25, -0.2) is 4.79 Å². The van der Waals surface area contributed by atoms with E-state index in [1.54, 1.807) is 86.0 Å². The first-order valence-electron chi connectivity index (χ1n) is 35.1. The van der Waals surface area contributed by atoms with Crippen LogP contribution in [0, 0.1) is 5.92 Å². The largest absolute Gasteiger partial charge is 1.00 e. The number of nitrogens with one attached hydrogen (secondary N) is 2. The highest BCUT2D eigenvalue weighted by Crippen LogP contribution is 2.64. The van der Waals surface area contributed by atoms with Gasteiger partial charge in [0.05, 0.1) is 85.4 Å². The number of hydrogen-bond donors (Lipinski definition) is 3. The summed E-state index contributed by atoms with van der Waals surface area (Å²) in [5, 5.41) is 6.09. The first-order valence-corrected chi connectivity index (χ1v) is 43.5. The minimum Gasteiger partial charge on any atom is -1.00 e. The van der Waals surface area contributed by atoms with Gasteiger partial charge in [0.15, 0.2) is 5.90 Å². The second-order valence-corrected chi connectivity index (χ2v) is 32.9. The summed E-state index contributed by atoms with van der Waals surface area (Å²) in [5.41, 5.74) is 8.74. The van der Waals surface area contributed by atoms with Crippen LogP contribution in [-0.2, 0) is 108 Å². The van der Waals surface area contributed by atoms with Crippen molar-refractivity contribution in [3.8, 4) is 0 Å². The highest BCUT2D eigenvalue weighted by Gasteiger charge is 2.38. The standard InChI is InChI=1S/C29H42N3O6P.C15H24NO3P.C11H14O.C9H22O6P2.C8H17O3P.ClH/c1-3-37-39(35,38-4-2)22-17-26(16-15-24-11-7-5-8-12-24)30-28(33)27(23-25-13-9-6-10-14-25)31-29(34)32-18-20-36-21-19-32;1-3-18-20(17,19-4-2)13-12-15(16)11-10-14-8-6-5-7-9-14;1-10(9-12)7-8-11-5-3-2-4-6-11;1-5-12-16(10,13-6-2)9-17(11,14-7-3)15-8-4;1-4-7-8-12(9,10-5-2)11-6-3;/h5-14,26-27H,3-4,15-23H2,1-2H3,(H,30,33)(H,31,34);5-9,12-13,15H,3-4,10-11,16H2,1-2H3;2-6,9-10H,7-8H2,1H3;5-9H2,1-4H3;7-8H,4-6H2,1-3H3;1H/b;13-12+;;;8-7+;/t26?,27-;;;;;/m0...../s1. The molecule has 29 heteroatoms. The van der Waals surface area contributed by atoms with Gasteiger partial charge >= 0.3 is 44.0 Å². The maximum Gasteiger partial charge on any atom is 0.354 e. The predicted octanol–water partition coefficient (Wildman–Crippen LogP) is 13.5. The quantitative estimate of drug-likeness (QED) is 0.0274. The number of hydrogen-bond acceptors (Lipinski definition) is 19. The zero-order chi connectivity index (χ0) is 74.4. The van der Waals surface area contributed by atoms with Gasteiger partial charge in [0.1, 0.15) is 18.4 Å². The number of morpholine rings is 1. The second-order valence-electron chi connectivity index (χ2n) is 22.3.